The lowest BCUT2D eigenvalue weighted by Crippen LogP contribution is -2.52. The van der Waals surface area contributed by atoms with Crippen LogP contribution in [0.5, 0.6) is 5.75 Å². The summed E-state index contributed by atoms with van der Waals surface area (Å²) in [6, 6.07) is 8.17. The maximum Gasteiger partial charge on any atom is 0.119 e. The second kappa shape index (κ2) is 5.41. The fourth-order valence-electron chi connectivity index (χ4n) is 2.64. The molecule has 19 heavy (non-hydrogen) atoms. The van der Waals surface area contributed by atoms with Gasteiger partial charge in [0.15, 0.2) is 0 Å². The van der Waals surface area contributed by atoms with Crippen molar-refractivity contribution in [2.45, 2.75) is 58.3 Å². The second-order valence-corrected chi connectivity index (χ2v) is 6.28. The highest BCUT2D eigenvalue weighted by molar-refractivity contribution is 5.51. The zero-order valence-corrected chi connectivity index (χ0v) is 12.4. The van der Waals surface area contributed by atoms with Gasteiger partial charge in [-0.3, -0.25) is 0 Å². The molecule has 0 spiro atoms. The molecule has 106 valence electrons. The Labute approximate surface area is 116 Å². The van der Waals surface area contributed by atoms with Gasteiger partial charge >= 0.3 is 0 Å². The molecule has 0 bridgehead atoms. The number of aliphatic hydroxyl groups excluding tert-OH is 1. The Kier molecular flexibility index (Phi) is 4.04. The van der Waals surface area contributed by atoms with Gasteiger partial charge in [-0.1, -0.05) is 0 Å². The van der Waals surface area contributed by atoms with Crippen LogP contribution in [-0.2, 0) is 0 Å². The summed E-state index contributed by atoms with van der Waals surface area (Å²) in [5.74, 6) is 0.897. The van der Waals surface area contributed by atoms with E-state index in [1.807, 2.05) is 26.0 Å². The maximum atomic E-state index is 9.88. The van der Waals surface area contributed by atoms with Gasteiger partial charge in [-0.05, 0) is 64.8 Å². The van der Waals surface area contributed by atoms with E-state index in [-0.39, 0.29) is 17.7 Å². The van der Waals surface area contributed by atoms with Crippen LogP contribution in [0.1, 0.15) is 40.5 Å². The fourth-order valence-corrected chi connectivity index (χ4v) is 2.64. The average Bonchev–Trinajstić information content (AvgIpc) is 2.33. The van der Waals surface area contributed by atoms with Crippen molar-refractivity contribution in [3.63, 3.8) is 0 Å². The predicted molar refractivity (Wildman–Crippen MR) is 78.9 cm³/mol. The Morgan fingerprint density at radius 1 is 1.26 bits per heavy atom. The number of hydrogen-bond donors (Lipinski definition) is 1. The van der Waals surface area contributed by atoms with Crippen LogP contribution in [0.2, 0.25) is 0 Å². The van der Waals surface area contributed by atoms with E-state index in [1.54, 1.807) is 0 Å². The van der Waals surface area contributed by atoms with Crippen molar-refractivity contribution in [2.75, 3.05) is 11.4 Å². The molecule has 1 aliphatic rings. The molecule has 0 aromatic heterocycles. The van der Waals surface area contributed by atoms with Crippen LogP contribution in [0.3, 0.4) is 0 Å². The summed E-state index contributed by atoms with van der Waals surface area (Å²) < 4.78 is 5.66. The van der Waals surface area contributed by atoms with E-state index in [4.69, 9.17) is 4.74 Å². The monoisotopic (exact) mass is 263 g/mol. The minimum atomic E-state index is -0.223. The number of hydrogen-bond acceptors (Lipinski definition) is 3. The first-order valence-corrected chi connectivity index (χ1v) is 7.11. The summed E-state index contributed by atoms with van der Waals surface area (Å²) in [7, 11) is 0. The van der Waals surface area contributed by atoms with Gasteiger partial charge in [-0.2, -0.15) is 0 Å². The van der Waals surface area contributed by atoms with Crippen molar-refractivity contribution >= 4 is 5.69 Å². The largest absolute Gasteiger partial charge is 0.491 e. The zero-order chi connectivity index (χ0) is 14.0. The lowest BCUT2D eigenvalue weighted by atomic mass is 9.88. The summed E-state index contributed by atoms with van der Waals surface area (Å²) in [6.45, 7) is 9.22. The number of β-amino-alcohol motifs (C(OH)–C–C–N with tert-alkyl or cyclic N) is 1. The van der Waals surface area contributed by atoms with Gasteiger partial charge in [0.1, 0.15) is 5.75 Å². The molecule has 1 aliphatic heterocycles. The summed E-state index contributed by atoms with van der Waals surface area (Å²) in [5.41, 5.74) is 1.25. The predicted octanol–water partition coefficient (Wildman–Crippen LogP) is 3.21. The number of ether oxygens (including phenoxy) is 1. The molecule has 2 rings (SSSR count). The van der Waals surface area contributed by atoms with Gasteiger partial charge in [0.2, 0.25) is 0 Å². The Morgan fingerprint density at radius 3 is 2.47 bits per heavy atom. The smallest absolute Gasteiger partial charge is 0.119 e. The van der Waals surface area contributed by atoms with E-state index in [1.165, 1.54) is 0 Å². The molecule has 1 heterocycles. The molecule has 1 N–H and O–H groups in total. The van der Waals surface area contributed by atoms with E-state index in [0.717, 1.165) is 24.3 Å². The number of aliphatic hydroxyl groups is 1. The van der Waals surface area contributed by atoms with E-state index in [2.05, 4.69) is 30.9 Å². The van der Waals surface area contributed by atoms with Crippen LogP contribution in [-0.4, -0.2) is 29.4 Å². The number of piperidine rings is 1. The van der Waals surface area contributed by atoms with Crippen molar-refractivity contribution in [3.8, 4) is 5.75 Å². The summed E-state index contributed by atoms with van der Waals surface area (Å²) in [6.07, 6.45) is 1.87. The van der Waals surface area contributed by atoms with Crippen LogP contribution in [0, 0.1) is 0 Å². The van der Waals surface area contributed by atoms with Crippen molar-refractivity contribution < 1.29 is 9.84 Å². The molecule has 1 aromatic carbocycles. The molecule has 1 atom stereocenters. The molecule has 3 nitrogen and oxygen atoms in total. The molecule has 0 aliphatic carbocycles. The third kappa shape index (κ3) is 3.41. The fraction of sp³-hybridized carbons (Fsp3) is 0.625. The van der Waals surface area contributed by atoms with Crippen LogP contribution in [0.15, 0.2) is 24.3 Å². The van der Waals surface area contributed by atoms with Crippen molar-refractivity contribution in [3.05, 3.63) is 24.3 Å². The maximum absolute atomic E-state index is 9.88. The van der Waals surface area contributed by atoms with E-state index >= 15 is 0 Å². The number of rotatable bonds is 3. The number of benzene rings is 1. The van der Waals surface area contributed by atoms with E-state index in [0.29, 0.717) is 6.54 Å². The van der Waals surface area contributed by atoms with Crippen LogP contribution in [0.25, 0.3) is 0 Å². The Hall–Kier alpha value is -1.22. The minimum absolute atomic E-state index is 0.0969. The molecule has 1 unspecified atom stereocenters. The zero-order valence-electron chi connectivity index (χ0n) is 12.4. The van der Waals surface area contributed by atoms with E-state index in [9.17, 15) is 5.11 Å². The highest BCUT2D eigenvalue weighted by Gasteiger charge is 2.33. The first kappa shape index (κ1) is 14.2. The quantitative estimate of drug-likeness (QED) is 0.909. The van der Waals surface area contributed by atoms with Crippen LogP contribution >= 0.6 is 0 Å². The number of anilines is 1. The first-order chi connectivity index (χ1) is 8.88. The molecule has 1 saturated heterocycles. The highest BCUT2D eigenvalue weighted by Crippen LogP contribution is 2.33. The molecule has 1 aromatic rings. The molecule has 0 radical (unpaired) electrons. The Balaban J connectivity index is 2.16. The Bertz CT molecular complexity index is 411. The summed E-state index contributed by atoms with van der Waals surface area (Å²) in [4.78, 5) is 2.29. The van der Waals surface area contributed by atoms with Gasteiger partial charge in [0.05, 0.1) is 12.2 Å². The third-order valence-electron chi connectivity index (χ3n) is 3.73. The van der Waals surface area contributed by atoms with Gasteiger partial charge in [0, 0.05) is 17.8 Å². The molecule has 3 heteroatoms. The third-order valence-corrected chi connectivity index (χ3v) is 3.73. The van der Waals surface area contributed by atoms with Crippen molar-refractivity contribution in [2.24, 2.45) is 0 Å². The SMILES string of the molecule is CC(C)Oc1ccc(N2CC(O)CCC2(C)C)cc1. The summed E-state index contributed by atoms with van der Waals surface area (Å²) in [5, 5.41) is 9.88. The summed E-state index contributed by atoms with van der Waals surface area (Å²) >= 11 is 0. The highest BCUT2D eigenvalue weighted by atomic mass is 16.5. The molecule has 0 saturated carbocycles. The Morgan fingerprint density at radius 2 is 1.89 bits per heavy atom. The number of nitrogens with zero attached hydrogens (tertiary/aromatic N) is 1. The van der Waals surface area contributed by atoms with Gasteiger partial charge < -0.3 is 14.7 Å². The van der Waals surface area contributed by atoms with Crippen LogP contribution < -0.4 is 9.64 Å². The van der Waals surface area contributed by atoms with E-state index < -0.39 is 0 Å². The van der Waals surface area contributed by atoms with Gasteiger partial charge in [-0.25, -0.2) is 0 Å². The molecule has 0 amide bonds. The van der Waals surface area contributed by atoms with Crippen LogP contribution in [0.4, 0.5) is 5.69 Å². The van der Waals surface area contributed by atoms with Gasteiger partial charge in [-0.15, -0.1) is 0 Å². The first-order valence-electron chi connectivity index (χ1n) is 7.11. The second-order valence-electron chi connectivity index (χ2n) is 6.28. The molecular formula is C16H25NO2. The van der Waals surface area contributed by atoms with Gasteiger partial charge in [0.25, 0.3) is 0 Å². The molecular weight excluding hydrogens is 238 g/mol. The lowest BCUT2D eigenvalue weighted by Gasteiger charge is -2.46. The molecule has 1 fully saturated rings. The van der Waals surface area contributed by atoms with Crippen molar-refractivity contribution in [1.82, 2.24) is 0 Å². The minimum Gasteiger partial charge on any atom is -0.491 e. The normalized spacial score (nSPS) is 22.6. The van der Waals surface area contributed by atoms with Crippen molar-refractivity contribution in [1.29, 1.82) is 0 Å². The lowest BCUT2D eigenvalue weighted by molar-refractivity contribution is 0.126. The topological polar surface area (TPSA) is 32.7 Å². The standard InChI is InChI=1S/C16H25NO2/c1-12(2)19-15-7-5-13(6-8-15)17-11-14(18)9-10-16(17,3)4/h5-8,12,14,18H,9-11H2,1-4H3. The average molecular weight is 263 g/mol.